The quantitative estimate of drug-likeness (QED) is 0.570. The van der Waals surface area contributed by atoms with Gasteiger partial charge < -0.3 is 5.32 Å². The third-order valence-corrected chi connectivity index (χ3v) is 6.94. The van der Waals surface area contributed by atoms with Gasteiger partial charge in [-0.25, -0.2) is 8.42 Å². The van der Waals surface area contributed by atoms with E-state index in [1.165, 1.54) is 4.31 Å². The second kappa shape index (κ2) is 9.90. The van der Waals surface area contributed by atoms with Crippen LogP contribution in [0.3, 0.4) is 0 Å². The molecule has 0 saturated heterocycles. The van der Waals surface area contributed by atoms with E-state index < -0.39 is 10.0 Å². The molecular formula is C25H28N2O3S. The molecule has 0 bridgehead atoms. The average Bonchev–Trinajstić information content (AvgIpc) is 2.75. The van der Waals surface area contributed by atoms with Crippen LogP contribution in [0.5, 0.6) is 0 Å². The minimum absolute atomic E-state index is 0.115. The Morgan fingerprint density at radius 3 is 2.00 bits per heavy atom. The molecule has 31 heavy (non-hydrogen) atoms. The first kappa shape index (κ1) is 22.7. The van der Waals surface area contributed by atoms with Gasteiger partial charge >= 0.3 is 0 Å². The molecule has 0 aliphatic carbocycles. The molecule has 0 radical (unpaired) electrons. The van der Waals surface area contributed by atoms with Gasteiger partial charge in [0.1, 0.15) is 0 Å². The molecule has 5 nitrogen and oxygen atoms in total. The predicted octanol–water partition coefficient (Wildman–Crippen LogP) is 4.37. The highest BCUT2D eigenvalue weighted by atomic mass is 32.2. The smallest absolute Gasteiger partial charge is 0.243 e. The number of aryl methyl sites for hydroxylation is 2. The van der Waals surface area contributed by atoms with Gasteiger partial charge in [-0.1, -0.05) is 77.9 Å². The molecule has 1 unspecified atom stereocenters. The van der Waals surface area contributed by atoms with Gasteiger partial charge in [0.2, 0.25) is 15.9 Å². The van der Waals surface area contributed by atoms with Gasteiger partial charge in [0.25, 0.3) is 0 Å². The van der Waals surface area contributed by atoms with Crippen molar-refractivity contribution >= 4 is 15.9 Å². The summed E-state index contributed by atoms with van der Waals surface area (Å²) in [5.74, 6) is -0.348. The topological polar surface area (TPSA) is 66.5 Å². The number of nitrogens with one attached hydrogen (secondary N) is 1. The lowest BCUT2D eigenvalue weighted by molar-refractivity contribution is -0.122. The molecule has 3 rings (SSSR count). The zero-order valence-electron chi connectivity index (χ0n) is 18.1. The van der Waals surface area contributed by atoms with Crippen molar-refractivity contribution < 1.29 is 13.2 Å². The summed E-state index contributed by atoms with van der Waals surface area (Å²) < 4.78 is 27.9. The number of amides is 1. The van der Waals surface area contributed by atoms with Gasteiger partial charge in [-0.3, -0.25) is 4.79 Å². The summed E-state index contributed by atoms with van der Waals surface area (Å²) in [6.07, 6.45) is 0. The number of carbonyl (C=O) groups is 1. The summed E-state index contributed by atoms with van der Waals surface area (Å²) in [5, 5.41) is 2.91. The van der Waals surface area contributed by atoms with E-state index in [0.717, 1.165) is 22.3 Å². The number of hydrogen-bond acceptors (Lipinski definition) is 3. The molecule has 1 N–H and O–H groups in total. The maximum Gasteiger partial charge on any atom is 0.243 e. The zero-order chi connectivity index (χ0) is 22.4. The molecule has 0 spiro atoms. The lowest BCUT2D eigenvalue weighted by Crippen LogP contribution is -2.41. The van der Waals surface area contributed by atoms with Crippen LogP contribution in [0.4, 0.5) is 0 Å². The Kier molecular flexibility index (Phi) is 7.25. The van der Waals surface area contributed by atoms with E-state index in [1.807, 2.05) is 75.4 Å². The fourth-order valence-electron chi connectivity index (χ4n) is 3.25. The third-order valence-electron chi connectivity index (χ3n) is 5.14. The van der Waals surface area contributed by atoms with Crippen molar-refractivity contribution in [2.75, 3.05) is 6.54 Å². The van der Waals surface area contributed by atoms with Crippen LogP contribution in [-0.4, -0.2) is 25.2 Å². The SMILES string of the molecule is Cc1ccc(CN(CC(=O)NC(C)c2ccccc2)S(=O)(=O)c2ccc(C)cc2)cc1. The normalized spacial score (nSPS) is 12.5. The fourth-order valence-corrected chi connectivity index (χ4v) is 4.64. The summed E-state index contributed by atoms with van der Waals surface area (Å²) >= 11 is 0. The maximum atomic E-state index is 13.4. The van der Waals surface area contributed by atoms with Gasteiger partial charge in [-0.15, -0.1) is 0 Å². The second-order valence-corrected chi connectivity index (χ2v) is 9.71. The summed E-state index contributed by atoms with van der Waals surface area (Å²) in [5.41, 5.74) is 3.84. The van der Waals surface area contributed by atoms with Crippen LogP contribution in [0.1, 0.15) is 35.2 Å². The monoisotopic (exact) mass is 436 g/mol. The molecule has 3 aromatic carbocycles. The Hall–Kier alpha value is -2.96. The molecule has 0 aromatic heterocycles. The predicted molar refractivity (Wildman–Crippen MR) is 123 cm³/mol. The van der Waals surface area contributed by atoms with Crippen molar-refractivity contribution in [3.8, 4) is 0 Å². The van der Waals surface area contributed by atoms with E-state index in [4.69, 9.17) is 0 Å². The zero-order valence-corrected chi connectivity index (χ0v) is 18.9. The minimum Gasteiger partial charge on any atom is -0.348 e. The molecule has 162 valence electrons. The molecule has 3 aromatic rings. The van der Waals surface area contributed by atoms with Crippen molar-refractivity contribution in [1.29, 1.82) is 0 Å². The van der Waals surface area contributed by atoms with Crippen LogP contribution >= 0.6 is 0 Å². The average molecular weight is 437 g/mol. The number of sulfonamides is 1. The van der Waals surface area contributed by atoms with E-state index in [9.17, 15) is 13.2 Å². The first-order chi connectivity index (χ1) is 14.8. The molecule has 1 atom stereocenters. The Morgan fingerprint density at radius 1 is 0.871 bits per heavy atom. The molecule has 6 heteroatoms. The number of benzene rings is 3. The van der Waals surface area contributed by atoms with Crippen LogP contribution < -0.4 is 5.32 Å². The van der Waals surface area contributed by atoms with Gasteiger partial charge in [0.05, 0.1) is 17.5 Å². The summed E-state index contributed by atoms with van der Waals surface area (Å²) in [4.78, 5) is 13.0. The van der Waals surface area contributed by atoms with E-state index in [2.05, 4.69) is 5.32 Å². The Labute approximate surface area is 184 Å². The van der Waals surface area contributed by atoms with Crippen LogP contribution in [0.15, 0.2) is 83.8 Å². The largest absolute Gasteiger partial charge is 0.348 e. The molecule has 0 saturated carbocycles. The van der Waals surface area contributed by atoms with Crippen LogP contribution in [0.25, 0.3) is 0 Å². The van der Waals surface area contributed by atoms with Crippen molar-refractivity contribution in [2.24, 2.45) is 0 Å². The Balaban J connectivity index is 1.83. The van der Waals surface area contributed by atoms with Crippen molar-refractivity contribution in [3.63, 3.8) is 0 Å². The number of rotatable bonds is 8. The molecule has 0 aliphatic rings. The maximum absolute atomic E-state index is 13.4. The fraction of sp³-hybridized carbons (Fsp3) is 0.240. The number of hydrogen-bond donors (Lipinski definition) is 1. The lowest BCUT2D eigenvalue weighted by atomic mass is 10.1. The minimum atomic E-state index is -3.85. The molecule has 0 fully saturated rings. The lowest BCUT2D eigenvalue weighted by Gasteiger charge is -2.23. The van der Waals surface area contributed by atoms with E-state index >= 15 is 0 Å². The molecule has 0 heterocycles. The van der Waals surface area contributed by atoms with Crippen LogP contribution in [-0.2, 0) is 21.4 Å². The molecule has 0 aliphatic heterocycles. The first-order valence-electron chi connectivity index (χ1n) is 10.2. The first-order valence-corrected chi connectivity index (χ1v) is 11.7. The van der Waals surface area contributed by atoms with Crippen LogP contribution in [0, 0.1) is 13.8 Å². The van der Waals surface area contributed by atoms with E-state index in [0.29, 0.717) is 0 Å². The van der Waals surface area contributed by atoms with E-state index in [1.54, 1.807) is 24.3 Å². The third kappa shape index (κ3) is 6.03. The molecular weight excluding hydrogens is 408 g/mol. The van der Waals surface area contributed by atoms with Gasteiger partial charge in [-0.2, -0.15) is 4.31 Å². The van der Waals surface area contributed by atoms with Crippen molar-refractivity contribution in [1.82, 2.24) is 9.62 Å². The summed E-state index contributed by atoms with van der Waals surface area (Å²) in [7, 11) is -3.85. The Morgan fingerprint density at radius 2 is 1.42 bits per heavy atom. The van der Waals surface area contributed by atoms with Gasteiger partial charge in [-0.05, 0) is 44.0 Å². The summed E-state index contributed by atoms with van der Waals surface area (Å²) in [6, 6.07) is 23.7. The Bertz CT molecular complexity index is 1110. The molecule has 1 amide bonds. The highest BCUT2D eigenvalue weighted by Crippen LogP contribution is 2.20. The van der Waals surface area contributed by atoms with Gasteiger partial charge in [0, 0.05) is 6.54 Å². The highest BCUT2D eigenvalue weighted by Gasteiger charge is 2.27. The highest BCUT2D eigenvalue weighted by molar-refractivity contribution is 7.89. The van der Waals surface area contributed by atoms with Crippen molar-refractivity contribution in [3.05, 3.63) is 101 Å². The standard InChI is InChI=1S/C25H28N2O3S/c1-19-9-13-22(14-10-19)17-27(31(29,30)24-15-11-20(2)12-16-24)18-25(28)26-21(3)23-7-5-4-6-8-23/h4-16,21H,17-18H2,1-3H3,(H,26,28). The van der Waals surface area contributed by atoms with Gasteiger partial charge in [0.15, 0.2) is 0 Å². The number of nitrogens with zero attached hydrogens (tertiary/aromatic N) is 1. The van der Waals surface area contributed by atoms with Crippen LogP contribution in [0.2, 0.25) is 0 Å². The van der Waals surface area contributed by atoms with E-state index in [-0.39, 0.29) is 29.9 Å². The second-order valence-electron chi connectivity index (χ2n) is 7.77. The summed E-state index contributed by atoms with van der Waals surface area (Å²) in [6.45, 7) is 5.61. The van der Waals surface area contributed by atoms with Crippen molar-refractivity contribution in [2.45, 2.75) is 38.3 Å². The number of carbonyl (C=O) groups excluding carboxylic acids is 1.